The minimum absolute atomic E-state index is 0.00324. The number of aromatic carboxylic acids is 1. The summed E-state index contributed by atoms with van der Waals surface area (Å²) in [4.78, 5) is 36.1. The van der Waals surface area contributed by atoms with Crippen molar-refractivity contribution in [2.45, 2.75) is 13.8 Å². The van der Waals surface area contributed by atoms with Crippen LogP contribution in [-0.4, -0.2) is 28.0 Å². The maximum atomic E-state index is 12.0. The van der Waals surface area contributed by atoms with Crippen LogP contribution in [0, 0.1) is 11.8 Å². The molecule has 2 amide bonds. The molecule has 100 valence electrons. The number of carboxylic acids is 1. The largest absolute Gasteiger partial charge is 0.508 e. The van der Waals surface area contributed by atoms with E-state index in [9.17, 15) is 19.5 Å². The van der Waals surface area contributed by atoms with Crippen LogP contribution in [0.4, 0.5) is 5.69 Å². The lowest BCUT2D eigenvalue weighted by molar-refractivity contribution is -0.122. The van der Waals surface area contributed by atoms with Gasteiger partial charge in [0.2, 0.25) is 11.8 Å². The Kier molecular flexibility index (Phi) is 3.01. The molecule has 0 aromatic heterocycles. The number of aromatic hydroxyl groups is 1. The van der Waals surface area contributed by atoms with E-state index < -0.39 is 29.6 Å². The van der Waals surface area contributed by atoms with Crippen molar-refractivity contribution < 1.29 is 24.6 Å². The number of amides is 2. The molecule has 19 heavy (non-hydrogen) atoms. The standard InChI is InChI=1S/C13H13NO5/c1-6-7(2)12(17)14(11(6)16)10-4-3-8(15)5-9(10)13(18)19/h3-7,15H,1-2H3,(H,18,19). The lowest BCUT2D eigenvalue weighted by Crippen LogP contribution is -2.32. The maximum Gasteiger partial charge on any atom is 0.337 e. The second-order valence-corrected chi connectivity index (χ2v) is 4.60. The molecule has 1 aliphatic heterocycles. The molecule has 1 saturated heterocycles. The van der Waals surface area contributed by atoms with Gasteiger partial charge in [-0.15, -0.1) is 0 Å². The summed E-state index contributed by atoms with van der Waals surface area (Å²) in [5.74, 6) is -3.36. The third-order valence-electron chi connectivity index (χ3n) is 3.42. The van der Waals surface area contributed by atoms with Crippen LogP contribution in [0.25, 0.3) is 0 Å². The minimum Gasteiger partial charge on any atom is -0.508 e. The van der Waals surface area contributed by atoms with E-state index in [2.05, 4.69) is 0 Å². The van der Waals surface area contributed by atoms with Crippen LogP contribution in [0.3, 0.4) is 0 Å². The Bertz CT molecular complexity index is 560. The van der Waals surface area contributed by atoms with Crippen molar-refractivity contribution in [1.29, 1.82) is 0 Å². The van der Waals surface area contributed by atoms with Gasteiger partial charge < -0.3 is 10.2 Å². The van der Waals surface area contributed by atoms with Crippen LogP contribution >= 0.6 is 0 Å². The van der Waals surface area contributed by atoms with Crippen LogP contribution < -0.4 is 4.90 Å². The molecule has 1 fully saturated rings. The molecule has 6 heteroatoms. The summed E-state index contributed by atoms with van der Waals surface area (Å²) in [6.45, 7) is 3.26. The van der Waals surface area contributed by atoms with Crippen LogP contribution in [0.15, 0.2) is 18.2 Å². The van der Waals surface area contributed by atoms with E-state index in [1.807, 2.05) is 0 Å². The van der Waals surface area contributed by atoms with Gasteiger partial charge in [0.1, 0.15) is 5.75 Å². The normalized spacial score (nSPS) is 22.9. The molecule has 1 aromatic rings. The molecule has 0 bridgehead atoms. The van der Waals surface area contributed by atoms with Gasteiger partial charge in [0.05, 0.1) is 11.3 Å². The molecule has 0 spiro atoms. The highest BCUT2D eigenvalue weighted by Gasteiger charge is 2.44. The van der Waals surface area contributed by atoms with E-state index in [1.54, 1.807) is 13.8 Å². The summed E-state index contributed by atoms with van der Waals surface area (Å²) in [6.07, 6.45) is 0. The average Bonchev–Trinajstić information content (AvgIpc) is 2.54. The fraction of sp³-hybridized carbons (Fsp3) is 0.308. The van der Waals surface area contributed by atoms with Crippen molar-refractivity contribution in [2.75, 3.05) is 4.90 Å². The Labute approximate surface area is 109 Å². The number of phenols is 1. The number of anilines is 1. The van der Waals surface area contributed by atoms with Crippen molar-refractivity contribution in [1.82, 2.24) is 0 Å². The Hall–Kier alpha value is -2.37. The summed E-state index contributed by atoms with van der Waals surface area (Å²) in [5.41, 5.74) is -0.278. The summed E-state index contributed by atoms with van der Waals surface area (Å²) >= 11 is 0. The number of carboxylic acid groups (broad SMARTS) is 1. The lowest BCUT2D eigenvalue weighted by atomic mass is 10.00. The highest BCUT2D eigenvalue weighted by atomic mass is 16.4. The number of phenolic OH excluding ortho intramolecular Hbond substituents is 1. The number of hydrogen-bond acceptors (Lipinski definition) is 4. The molecule has 1 aliphatic rings. The molecular weight excluding hydrogens is 250 g/mol. The molecular formula is C13H13NO5. The Morgan fingerprint density at radius 1 is 1.16 bits per heavy atom. The summed E-state index contributed by atoms with van der Waals surface area (Å²) in [7, 11) is 0. The monoisotopic (exact) mass is 263 g/mol. The Balaban J connectivity index is 2.57. The molecule has 6 nitrogen and oxygen atoms in total. The SMILES string of the molecule is CC1C(=O)N(c2ccc(O)cc2C(=O)O)C(=O)C1C. The van der Waals surface area contributed by atoms with Crippen molar-refractivity contribution in [3.05, 3.63) is 23.8 Å². The molecule has 1 aromatic carbocycles. The molecule has 1 heterocycles. The van der Waals surface area contributed by atoms with Gasteiger partial charge >= 0.3 is 5.97 Å². The fourth-order valence-corrected chi connectivity index (χ4v) is 2.07. The number of carbonyl (C=O) groups is 3. The van der Waals surface area contributed by atoms with Crippen molar-refractivity contribution >= 4 is 23.5 Å². The van der Waals surface area contributed by atoms with Gasteiger partial charge in [-0.2, -0.15) is 0 Å². The predicted octanol–water partition coefficient (Wildman–Crippen LogP) is 1.24. The van der Waals surface area contributed by atoms with Gasteiger partial charge in [0.15, 0.2) is 0 Å². The van der Waals surface area contributed by atoms with E-state index >= 15 is 0 Å². The van der Waals surface area contributed by atoms with Gasteiger partial charge in [-0.1, -0.05) is 13.8 Å². The number of carbonyl (C=O) groups excluding carboxylic acids is 2. The lowest BCUT2D eigenvalue weighted by Gasteiger charge is -2.17. The smallest absolute Gasteiger partial charge is 0.337 e. The molecule has 2 unspecified atom stereocenters. The third-order valence-corrected chi connectivity index (χ3v) is 3.42. The number of imide groups is 1. The minimum atomic E-state index is -1.31. The highest BCUT2D eigenvalue weighted by molar-refractivity contribution is 6.23. The van der Waals surface area contributed by atoms with Gasteiger partial charge in [0.25, 0.3) is 0 Å². The highest BCUT2D eigenvalue weighted by Crippen LogP contribution is 2.33. The number of hydrogen-bond donors (Lipinski definition) is 2. The van der Waals surface area contributed by atoms with Crippen LogP contribution in [-0.2, 0) is 9.59 Å². The van der Waals surface area contributed by atoms with Gasteiger partial charge in [-0.3, -0.25) is 9.59 Å². The summed E-state index contributed by atoms with van der Waals surface area (Å²) in [5, 5.41) is 18.4. The topological polar surface area (TPSA) is 94.9 Å². The quantitative estimate of drug-likeness (QED) is 0.783. The summed E-state index contributed by atoms with van der Waals surface area (Å²) in [6, 6.07) is 3.53. The zero-order chi connectivity index (χ0) is 14.3. The van der Waals surface area contributed by atoms with Crippen molar-refractivity contribution in [2.24, 2.45) is 11.8 Å². The molecule has 0 saturated carbocycles. The van der Waals surface area contributed by atoms with Crippen LogP contribution in [0.5, 0.6) is 5.75 Å². The van der Waals surface area contributed by atoms with Crippen LogP contribution in [0.1, 0.15) is 24.2 Å². The van der Waals surface area contributed by atoms with Gasteiger partial charge in [-0.25, -0.2) is 9.69 Å². The first-order chi connectivity index (χ1) is 8.84. The van der Waals surface area contributed by atoms with Crippen molar-refractivity contribution in [3.8, 4) is 5.75 Å². The number of rotatable bonds is 2. The fourth-order valence-electron chi connectivity index (χ4n) is 2.07. The summed E-state index contributed by atoms with van der Waals surface area (Å²) < 4.78 is 0. The van der Waals surface area contributed by atoms with E-state index in [0.29, 0.717) is 0 Å². The van der Waals surface area contributed by atoms with Crippen molar-refractivity contribution in [3.63, 3.8) is 0 Å². The molecule has 2 atom stereocenters. The first kappa shape index (κ1) is 13.1. The Morgan fingerprint density at radius 2 is 1.68 bits per heavy atom. The second-order valence-electron chi connectivity index (χ2n) is 4.60. The van der Waals surface area contributed by atoms with E-state index in [-0.39, 0.29) is 17.0 Å². The van der Waals surface area contributed by atoms with E-state index in [0.717, 1.165) is 11.0 Å². The van der Waals surface area contributed by atoms with Gasteiger partial charge in [0, 0.05) is 11.8 Å². The molecule has 0 radical (unpaired) electrons. The Morgan fingerprint density at radius 3 is 2.16 bits per heavy atom. The predicted molar refractivity (Wildman–Crippen MR) is 65.9 cm³/mol. The first-order valence-corrected chi connectivity index (χ1v) is 5.78. The molecule has 2 rings (SSSR count). The third kappa shape index (κ3) is 1.95. The second kappa shape index (κ2) is 4.38. The number of benzene rings is 1. The molecule has 2 N–H and O–H groups in total. The first-order valence-electron chi connectivity index (χ1n) is 5.78. The van der Waals surface area contributed by atoms with Crippen LogP contribution in [0.2, 0.25) is 0 Å². The zero-order valence-corrected chi connectivity index (χ0v) is 10.5. The average molecular weight is 263 g/mol. The zero-order valence-electron chi connectivity index (χ0n) is 10.5. The van der Waals surface area contributed by atoms with E-state index in [4.69, 9.17) is 5.11 Å². The maximum absolute atomic E-state index is 12.0. The number of nitrogens with zero attached hydrogens (tertiary/aromatic N) is 1. The molecule has 0 aliphatic carbocycles. The van der Waals surface area contributed by atoms with Gasteiger partial charge in [-0.05, 0) is 18.2 Å². The van der Waals surface area contributed by atoms with E-state index in [1.165, 1.54) is 12.1 Å².